The highest BCUT2D eigenvalue weighted by molar-refractivity contribution is 5.47. The van der Waals surface area contributed by atoms with Crippen molar-refractivity contribution in [2.75, 3.05) is 20.8 Å². The van der Waals surface area contributed by atoms with Crippen LogP contribution in [0.15, 0.2) is 36.4 Å². The quantitative estimate of drug-likeness (QED) is 0.651. The van der Waals surface area contributed by atoms with Crippen molar-refractivity contribution < 1.29 is 24.1 Å². The van der Waals surface area contributed by atoms with Crippen LogP contribution < -0.4 is 14.8 Å². The maximum atomic E-state index is 13.8. The summed E-state index contributed by atoms with van der Waals surface area (Å²) in [7, 11) is 2.89. The van der Waals surface area contributed by atoms with Gasteiger partial charge in [0, 0.05) is 24.6 Å². The Kier molecular flexibility index (Phi) is 7.47. The second-order valence-corrected chi connectivity index (χ2v) is 6.07. The van der Waals surface area contributed by atoms with Crippen LogP contribution in [0.2, 0.25) is 0 Å². The van der Waals surface area contributed by atoms with Crippen LogP contribution in [0.25, 0.3) is 0 Å². The topological polar surface area (TPSA) is 71.0 Å². The van der Waals surface area contributed by atoms with Crippen molar-refractivity contribution in [1.29, 1.82) is 0 Å². The Labute approximate surface area is 158 Å². The molecule has 3 N–H and O–H groups in total. The third-order valence-corrected chi connectivity index (χ3v) is 4.09. The molecule has 2 rings (SSSR count). The number of aliphatic hydroxyl groups excluding tert-OH is 1. The lowest BCUT2D eigenvalue weighted by Gasteiger charge is -2.17. The van der Waals surface area contributed by atoms with E-state index in [0.717, 1.165) is 5.56 Å². The van der Waals surface area contributed by atoms with E-state index in [0.29, 0.717) is 17.9 Å². The summed E-state index contributed by atoms with van der Waals surface area (Å²) in [6.45, 7) is 2.21. The van der Waals surface area contributed by atoms with E-state index in [1.807, 2.05) is 6.92 Å². The number of benzene rings is 2. The van der Waals surface area contributed by atoms with Gasteiger partial charge in [-0.15, -0.1) is 0 Å². The highest BCUT2D eigenvalue weighted by Gasteiger charge is 2.11. The molecule has 2 atom stereocenters. The fourth-order valence-electron chi connectivity index (χ4n) is 2.48. The Morgan fingerprint density at radius 2 is 1.85 bits per heavy atom. The Morgan fingerprint density at radius 1 is 1.11 bits per heavy atom. The monoisotopic (exact) mass is 373 g/mol. The number of hydrogen-bond donors (Lipinski definition) is 3. The molecule has 0 aliphatic heterocycles. The molecule has 0 aliphatic carbocycles. The van der Waals surface area contributed by atoms with Gasteiger partial charge in [-0.25, -0.2) is 4.39 Å². The largest absolute Gasteiger partial charge is 0.504 e. The molecular formula is C21H24FNO4. The molecule has 5 nitrogen and oxygen atoms in total. The normalized spacial score (nSPS) is 12.6. The van der Waals surface area contributed by atoms with E-state index in [-0.39, 0.29) is 24.0 Å². The summed E-state index contributed by atoms with van der Waals surface area (Å²) in [4.78, 5) is 0. The summed E-state index contributed by atoms with van der Waals surface area (Å²) in [6, 6.07) is 9.47. The Bertz CT molecular complexity index is 829. The zero-order chi connectivity index (χ0) is 19.8. The summed E-state index contributed by atoms with van der Waals surface area (Å²) in [5.74, 6) is 6.02. The van der Waals surface area contributed by atoms with Crippen molar-refractivity contribution in [1.82, 2.24) is 5.32 Å². The first kappa shape index (κ1) is 20.6. The fraction of sp³-hybridized carbons (Fsp3) is 0.333. The van der Waals surface area contributed by atoms with Gasteiger partial charge in [0.15, 0.2) is 23.1 Å². The predicted molar refractivity (Wildman–Crippen MR) is 102 cm³/mol. The van der Waals surface area contributed by atoms with Gasteiger partial charge in [0.25, 0.3) is 0 Å². The SMILES string of the molecule is COc1cc(C#CCC(O)CNC(C)c2ccc(OC)c(F)c2)ccc1O. The van der Waals surface area contributed by atoms with Gasteiger partial charge < -0.3 is 25.0 Å². The summed E-state index contributed by atoms with van der Waals surface area (Å²) in [6.07, 6.45) is -0.387. The minimum Gasteiger partial charge on any atom is -0.504 e. The lowest BCUT2D eigenvalue weighted by molar-refractivity contribution is 0.173. The molecule has 0 amide bonds. The average Bonchev–Trinajstić information content (AvgIpc) is 2.67. The molecular weight excluding hydrogens is 349 g/mol. The van der Waals surface area contributed by atoms with Gasteiger partial charge in [-0.1, -0.05) is 17.9 Å². The molecule has 0 saturated carbocycles. The molecule has 0 heterocycles. The van der Waals surface area contributed by atoms with Crippen LogP contribution in [0.1, 0.15) is 30.5 Å². The number of methoxy groups -OCH3 is 2. The number of halogens is 1. The summed E-state index contributed by atoms with van der Waals surface area (Å²) in [5, 5.41) is 22.8. The molecule has 6 heteroatoms. The van der Waals surface area contributed by atoms with Crippen molar-refractivity contribution in [2.24, 2.45) is 0 Å². The minimum atomic E-state index is -0.665. The Balaban J connectivity index is 1.86. The molecule has 0 radical (unpaired) electrons. The highest BCUT2D eigenvalue weighted by atomic mass is 19.1. The highest BCUT2D eigenvalue weighted by Crippen LogP contribution is 2.25. The van der Waals surface area contributed by atoms with Gasteiger partial charge in [0.05, 0.1) is 20.3 Å². The predicted octanol–water partition coefficient (Wildman–Crippen LogP) is 3.00. The number of rotatable bonds is 7. The van der Waals surface area contributed by atoms with E-state index in [1.165, 1.54) is 26.4 Å². The number of ether oxygens (including phenoxy) is 2. The van der Waals surface area contributed by atoms with Gasteiger partial charge in [-0.3, -0.25) is 0 Å². The summed E-state index contributed by atoms with van der Waals surface area (Å²) >= 11 is 0. The molecule has 2 aromatic carbocycles. The zero-order valence-corrected chi connectivity index (χ0v) is 15.6. The van der Waals surface area contributed by atoms with Crippen LogP contribution in [0.4, 0.5) is 4.39 Å². The minimum absolute atomic E-state index is 0.0521. The summed E-state index contributed by atoms with van der Waals surface area (Å²) < 4.78 is 23.7. The van der Waals surface area contributed by atoms with E-state index < -0.39 is 11.9 Å². The Morgan fingerprint density at radius 3 is 2.52 bits per heavy atom. The number of phenols is 1. The lowest BCUT2D eigenvalue weighted by Crippen LogP contribution is -2.28. The third kappa shape index (κ3) is 5.88. The van der Waals surface area contributed by atoms with E-state index in [9.17, 15) is 14.6 Å². The fourth-order valence-corrected chi connectivity index (χ4v) is 2.48. The van der Waals surface area contributed by atoms with Crippen LogP contribution >= 0.6 is 0 Å². The van der Waals surface area contributed by atoms with Crippen molar-refractivity contribution in [2.45, 2.75) is 25.5 Å². The molecule has 27 heavy (non-hydrogen) atoms. The van der Waals surface area contributed by atoms with Crippen molar-refractivity contribution in [3.8, 4) is 29.1 Å². The number of aromatic hydroxyl groups is 1. The molecule has 0 aromatic heterocycles. The first-order chi connectivity index (χ1) is 12.9. The molecule has 0 fully saturated rings. The van der Waals surface area contributed by atoms with Gasteiger partial charge in [-0.2, -0.15) is 0 Å². The number of aliphatic hydroxyl groups is 1. The maximum absolute atomic E-state index is 13.8. The molecule has 2 unspecified atom stereocenters. The first-order valence-electron chi connectivity index (χ1n) is 8.55. The number of phenolic OH excluding ortho intramolecular Hbond substituents is 1. The standard InChI is InChI=1S/C21H24FNO4/c1-14(16-8-10-20(26-2)18(22)12-16)23-13-17(24)6-4-5-15-7-9-19(25)21(11-15)27-3/h7-12,14,17,23-25H,6,13H2,1-3H3. The average molecular weight is 373 g/mol. The maximum Gasteiger partial charge on any atom is 0.165 e. The van der Waals surface area contributed by atoms with E-state index in [4.69, 9.17) is 9.47 Å². The Hall–Kier alpha value is -2.75. The van der Waals surface area contributed by atoms with E-state index >= 15 is 0 Å². The van der Waals surface area contributed by atoms with Crippen molar-refractivity contribution in [3.63, 3.8) is 0 Å². The number of hydrogen-bond acceptors (Lipinski definition) is 5. The van der Waals surface area contributed by atoms with Gasteiger partial charge in [0.1, 0.15) is 0 Å². The van der Waals surface area contributed by atoms with Crippen molar-refractivity contribution in [3.05, 3.63) is 53.3 Å². The smallest absolute Gasteiger partial charge is 0.165 e. The molecule has 144 valence electrons. The first-order valence-corrected chi connectivity index (χ1v) is 8.55. The van der Waals surface area contributed by atoms with Crippen LogP contribution in [0.5, 0.6) is 17.2 Å². The number of nitrogens with one attached hydrogen (secondary N) is 1. The third-order valence-electron chi connectivity index (χ3n) is 4.09. The molecule has 0 spiro atoms. The van der Waals surface area contributed by atoms with E-state index in [2.05, 4.69) is 17.2 Å². The zero-order valence-electron chi connectivity index (χ0n) is 15.6. The van der Waals surface area contributed by atoms with Crippen LogP contribution in [0, 0.1) is 17.7 Å². The molecule has 0 saturated heterocycles. The van der Waals surface area contributed by atoms with Gasteiger partial charge in [0.2, 0.25) is 0 Å². The van der Waals surface area contributed by atoms with Gasteiger partial charge in [-0.05, 0) is 42.8 Å². The molecule has 0 bridgehead atoms. The van der Waals surface area contributed by atoms with Gasteiger partial charge >= 0.3 is 0 Å². The van der Waals surface area contributed by atoms with Crippen LogP contribution in [-0.2, 0) is 0 Å². The molecule has 2 aromatic rings. The summed E-state index contributed by atoms with van der Waals surface area (Å²) in [5.41, 5.74) is 1.45. The van der Waals surface area contributed by atoms with Crippen LogP contribution in [-0.4, -0.2) is 37.1 Å². The van der Waals surface area contributed by atoms with E-state index in [1.54, 1.807) is 24.3 Å². The van der Waals surface area contributed by atoms with Crippen molar-refractivity contribution >= 4 is 0 Å². The second-order valence-electron chi connectivity index (χ2n) is 6.07. The second kappa shape index (κ2) is 9.81. The van der Waals surface area contributed by atoms with Crippen LogP contribution in [0.3, 0.4) is 0 Å². The molecule has 0 aliphatic rings. The lowest BCUT2D eigenvalue weighted by atomic mass is 10.1.